The van der Waals surface area contributed by atoms with Crippen molar-refractivity contribution in [3.05, 3.63) is 22.9 Å². The van der Waals surface area contributed by atoms with E-state index in [0.717, 1.165) is 19.5 Å². The van der Waals surface area contributed by atoms with E-state index in [0.29, 0.717) is 0 Å². The Morgan fingerprint density at radius 1 is 1.33 bits per heavy atom. The number of rotatable bonds is 5. The molecule has 4 heteroatoms. The third-order valence-corrected chi connectivity index (χ3v) is 2.43. The van der Waals surface area contributed by atoms with E-state index in [-0.39, 0.29) is 11.7 Å². The van der Waals surface area contributed by atoms with Crippen LogP contribution >= 0.6 is 0 Å². The average molecular weight is 211 g/mol. The molecular formula is C11H21N3O. The Kier molecular flexibility index (Phi) is 4.15. The lowest BCUT2D eigenvalue weighted by Crippen LogP contribution is -2.26. The van der Waals surface area contributed by atoms with Gasteiger partial charge < -0.3 is 4.90 Å². The molecule has 0 aromatic carbocycles. The zero-order chi connectivity index (χ0) is 11.4. The van der Waals surface area contributed by atoms with Crippen molar-refractivity contribution < 1.29 is 0 Å². The fourth-order valence-corrected chi connectivity index (χ4v) is 1.55. The molecule has 0 aliphatic heterocycles. The second kappa shape index (κ2) is 5.16. The van der Waals surface area contributed by atoms with Gasteiger partial charge in [0.25, 0.3) is 0 Å². The van der Waals surface area contributed by atoms with Gasteiger partial charge in [0.2, 0.25) is 0 Å². The highest BCUT2D eigenvalue weighted by Gasteiger charge is 2.05. The highest BCUT2D eigenvalue weighted by molar-refractivity contribution is 4.83. The maximum absolute atomic E-state index is 11.8. The lowest BCUT2D eigenvalue weighted by atomic mass is 10.4. The van der Waals surface area contributed by atoms with Crippen LogP contribution in [0, 0.1) is 0 Å². The van der Waals surface area contributed by atoms with Crippen LogP contribution in [0.3, 0.4) is 0 Å². The van der Waals surface area contributed by atoms with Gasteiger partial charge in [-0.1, -0.05) is 0 Å². The molecule has 1 rings (SSSR count). The summed E-state index contributed by atoms with van der Waals surface area (Å²) in [6, 6.07) is 0.243. The number of imidazole rings is 1. The van der Waals surface area contributed by atoms with Crippen LogP contribution in [0.5, 0.6) is 0 Å². The second-order valence-corrected chi connectivity index (χ2v) is 4.43. The first-order valence-corrected chi connectivity index (χ1v) is 5.44. The molecule has 0 fully saturated rings. The summed E-state index contributed by atoms with van der Waals surface area (Å²) in [5.41, 5.74) is 0.101. The Morgan fingerprint density at radius 2 is 2.00 bits per heavy atom. The van der Waals surface area contributed by atoms with Gasteiger partial charge in [-0.2, -0.15) is 0 Å². The van der Waals surface area contributed by atoms with Gasteiger partial charge in [0.05, 0.1) is 0 Å². The summed E-state index contributed by atoms with van der Waals surface area (Å²) in [6.45, 7) is 5.85. The van der Waals surface area contributed by atoms with Gasteiger partial charge in [-0.05, 0) is 40.9 Å². The molecule has 0 bridgehead atoms. The van der Waals surface area contributed by atoms with Crippen LogP contribution in [-0.4, -0.2) is 34.7 Å². The molecule has 1 aromatic rings. The number of nitrogens with zero attached hydrogens (tertiary/aromatic N) is 3. The first-order chi connectivity index (χ1) is 7.02. The number of hydrogen-bond acceptors (Lipinski definition) is 2. The quantitative estimate of drug-likeness (QED) is 0.732. The Morgan fingerprint density at radius 3 is 2.47 bits per heavy atom. The molecule has 15 heavy (non-hydrogen) atoms. The van der Waals surface area contributed by atoms with E-state index in [1.165, 1.54) is 0 Å². The molecule has 4 nitrogen and oxygen atoms in total. The fourth-order valence-electron chi connectivity index (χ4n) is 1.55. The molecule has 0 radical (unpaired) electrons. The molecule has 0 aliphatic rings. The van der Waals surface area contributed by atoms with Crippen LogP contribution in [0.15, 0.2) is 17.2 Å². The molecular weight excluding hydrogens is 190 g/mol. The minimum Gasteiger partial charge on any atom is -0.309 e. The SMILES string of the molecule is CC(C)n1ccn(CCCN(C)C)c1=O. The van der Waals surface area contributed by atoms with Gasteiger partial charge in [-0.3, -0.25) is 9.13 Å². The van der Waals surface area contributed by atoms with Crippen molar-refractivity contribution >= 4 is 0 Å². The lowest BCUT2D eigenvalue weighted by Gasteiger charge is -2.09. The third-order valence-electron chi connectivity index (χ3n) is 2.43. The first-order valence-electron chi connectivity index (χ1n) is 5.44. The molecule has 1 heterocycles. The molecule has 0 atom stereocenters. The van der Waals surface area contributed by atoms with E-state index < -0.39 is 0 Å². The Balaban J connectivity index is 2.59. The van der Waals surface area contributed by atoms with Gasteiger partial charge in [-0.25, -0.2) is 4.79 Å². The van der Waals surface area contributed by atoms with Crippen molar-refractivity contribution in [1.82, 2.24) is 14.0 Å². The summed E-state index contributed by atoms with van der Waals surface area (Å²) < 4.78 is 3.54. The number of aryl methyl sites for hydroxylation is 1. The molecule has 1 aromatic heterocycles. The Bertz CT molecular complexity index is 349. The van der Waals surface area contributed by atoms with Gasteiger partial charge in [0.15, 0.2) is 0 Å². The van der Waals surface area contributed by atoms with Crippen LogP contribution in [0.4, 0.5) is 0 Å². The minimum absolute atomic E-state index is 0.101. The van der Waals surface area contributed by atoms with Crippen LogP contribution in [0.2, 0.25) is 0 Å². The zero-order valence-corrected chi connectivity index (χ0v) is 10.1. The minimum atomic E-state index is 0.101. The average Bonchev–Trinajstić information content (AvgIpc) is 2.47. The zero-order valence-electron chi connectivity index (χ0n) is 10.1. The van der Waals surface area contributed by atoms with E-state index in [1.807, 2.05) is 40.3 Å². The smallest absolute Gasteiger partial charge is 0.309 e. The highest BCUT2D eigenvalue weighted by Crippen LogP contribution is 1.99. The van der Waals surface area contributed by atoms with E-state index in [9.17, 15) is 4.79 Å². The standard InChI is InChI=1S/C11H21N3O/c1-10(2)14-9-8-13(11(14)15)7-5-6-12(3)4/h8-10H,5-7H2,1-4H3. The lowest BCUT2D eigenvalue weighted by molar-refractivity contribution is 0.383. The topological polar surface area (TPSA) is 30.2 Å². The van der Waals surface area contributed by atoms with Crippen molar-refractivity contribution in [3.8, 4) is 0 Å². The summed E-state index contributed by atoms with van der Waals surface area (Å²) in [5.74, 6) is 0. The summed E-state index contributed by atoms with van der Waals surface area (Å²) in [5, 5.41) is 0. The van der Waals surface area contributed by atoms with Crippen LogP contribution in [0.1, 0.15) is 26.3 Å². The Hall–Kier alpha value is -1.03. The van der Waals surface area contributed by atoms with Crippen molar-refractivity contribution in [2.45, 2.75) is 32.9 Å². The molecule has 0 spiro atoms. The van der Waals surface area contributed by atoms with Crippen molar-refractivity contribution in [3.63, 3.8) is 0 Å². The molecule has 0 amide bonds. The largest absolute Gasteiger partial charge is 0.328 e. The van der Waals surface area contributed by atoms with E-state index >= 15 is 0 Å². The molecule has 0 unspecified atom stereocenters. The number of aromatic nitrogens is 2. The predicted molar refractivity (Wildman–Crippen MR) is 62.2 cm³/mol. The van der Waals surface area contributed by atoms with E-state index in [4.69, 9.17) is 0 Å². The summed E-state index contributed by atoms with van der Waals surface area (Å²) in [7, 11) is 4.09. The summed E-state index contributed by atoms with van der Waals surface area (Å²) in [4.78, 5) is 13.9. The van der Waals surface area contributed by atoms with Crippen LogP contribution in [-0.2, 0) is 6.54 Å². The summed E-state index contributed by atoms with van der Waals surface area (Å²) >= 11 is 0. The molecule has 0 saturated carbocycles. The Labute approximate surface area is 91.1 Å². The van der Waals surface area contributed by atoms with Crippen molar-refractivity contribution in [1.29, 1.82) is 0 Å². The van der Waals surface area contributed by atoms with Crippen LogP contribution < -0.4 is 5.69 Å². The van der Waals surface area contributed by atoms with Gasteiger partial charge in [0, 0.05) is 25.0 Å². The van der Waals surface area contributed by atoms with Crippen molar-refractivity contribution in [2.75, 3.05) is 20.6 Å². The maximum Gasteiger partial charge on any atom is 0.328 e. The second-order valence-electron chi connectivity index (χ2n) is 4.43. The van der Waals surface area contributed by atoms with E-state index in [1.54, 1.807) is 9.13 Å². The van der Waals surface area contributed by atoms with E-state index in [2.05, 4.69) is 4.90 Å². The molecule has 0 N–H and O–H groups in total. The molecule has 86 valence electrons. The van der Waals surface area contributed by atoms with Gasteiger partial charge in [0.1, 0.15) is 0 Å². The molecule has 0 aliphatic carbocycles. The highest BCUT2D eigenvalue weighted by atomic mass is 16.1. The monoisotopic (exact) mass is 211 g/mol. The van der Waals surface area contributed by atoms with Crippen LogP contribution in [0.25, 0.3) is 0 Å². The summed E-state index contributed by atoms with van der Waals surface area (Å²) in [6.07, 6.45) is 4.75. The number of hydrogen-bond donors (Lipinski definition) is 0. The third kappa shape index (κ3) is 3.23. The molecule has 0 saturated heterocycles. The predicted octanol–water partition coefficient (Wildman–Crippen LogP) is 1.18. The maximum atomic E-state index is 11.8. The fraction of sp³-hybridized carbons (Fsp3) is 0.727. The van der Waals surface area contributed by atoms with Gasteiger partial charge in [-0.15, -0.1) is 0 Å². The van der Waals surface area contributed by atoms with Gasteiger partial charge >= 0.3 is 5.69 Å². The van der Waals surface area contributed by atoms with Crippen molar-refractivity contribution in [2.24, 2.45) is 0 Å². The normalized spacial score (nSPS) is 11.6. The first kappa shape index (κ1) is 12.0.